The van der Waals surface area contributed by atoms with Gasteiger partial charge in [-0.25, -0.2) is 17.4 Å². The van der Waals surface area contributed by atoms with E-state index in [2.05, 4.69) is 15.2 Å². The van der Waals surface area contributed by atoms with E-state index in [4.69, 9.17) is 11.6 Å². The number of aromatic nitrogens is 2. The monoisotopic (exact) mass is 390 g/mol. The number of halogens is 1. The van der Waals surface area contributed by atoms with Gasteiger partial charge in [-0.05, 0) is 31.2 Å². The molecule has 2 aromatic carbocycles. The Bertz CT molecular complexity index is 1070. The van der Waals surface area contributed by atoms with Gasteiger partial charge in [0, 0.05) is 26.2 Å². The van der Waals surface area contributed by atoms with Crippen molar-refractivity contribution in [3.05, 3.63) is 53.3 Å². The summed E-state index contributed by atoms with van der Waals surface area (Å²) < 4.78 is 27.8. The molecular weight excluding hydrogens is 372 g/mol. The van der Waals surface area contributed by atoms with Crippen molar-refractivity contribution in [3.63, 3.8) is 0 Å². The first-order valence-electron chi connectivity index (χ1n) is 8.44. The van der Waals surface area contributed by atoms with Crippen LogP contribution < -0.4 is 10.2 Å². The van der Waals surface area contributed by atoms with Crippen molar-refractivity contribution < 1.29 is 8.42 Å². The molecule has 3 aromatic rings. The van der Waals surface area contributed by atoms with Crippen LogP contribution in [0.4, 0.5) is 5.69 Å². The predicted octanol–water partition coefficient (Wildman–Crippen LogP) is 2.64. The van der Waals surface area contributed by atoms with E-state index in [0.29, 0.717) is 16.9 Å². The summed E-state index contributed by atoms with van der Waals surface area (Å²) in [5, 5.41) is 3.52. The molecule has 26 heavy (non-hydrogen) atoms. The fraction of sp³-hybridized carbons (Fsp3) is 0.278. The second-order valence-corrected chi connectivity index (χ2v) is 8.40. The van der Waals surface area contributed by atoms with Crippen LogP contribution in [0.5, 0.6) is 0 Å². The zero-order valence-electron chi connectivity index (χ0n) is 14.3. The third-order valence-corrected chi connectivity index (χ3v) is 6.89. The topological polar surface area (TPSA) is 67.2 Å². The first-order valence-corrected chi connectivity index (χ1v) is 10.3. The number of hydrogen-bond donors (Lipinski definition) is 1. The third-order valence-electron chi connectivity index (χ3n) is 4.59. The smallest absolute Gasteiger partial charge is 0.271 e. The summed E-state index contributed by atoms with van der Waals surface area (Å²) in [6.07, 6.45) is 0. The molecule has 0 saturated carbocycles. The Balaban J connectivity index is 1.92. The SMILES string of the molecule is Cc1nc2c(N3CCNCC3)cccc2n1S(=O)(=O)c1ccccc1Cl. The molecule has 6 nitrogen and oxygen atoms in total. The summed E-state index contributed by atoms with van der Waals surface area (Å²) in [6.45, 7) is 5.22. The van der Waals surface area contributed by atoms with Crippen molar-refractivity contribution >= 4 is 38.3 Å². The number of nitrogens with one attached hydrogen (secondary N) is 1. The number of hydrogen-bond acceptors (Lipinski definition) is 5. The number of rotatable bonds is 3. The van der Waals surface area contributed by atoms with Crippen molar-refractivity contribution in [1.82, 2.24) is 14.3 Å². The molecule has 0 spiro atoms. The Morgan fingerprint density at radius 3 is 2.54 bits per heavy atom. The van der Waals surface area contributed by atoms with Gasteiger partial charge in [0.1, 0.15) is 16.2 Å². The van der Waals surface area contributed by atoms with E-state index in [0.717, 1.165) is 31.9 Å². The van der Waals surface area contributed by atoms with E-state index in [1.165, 1.54) is 10.0 Å². The van der Waals surface area contributed by atoms with E-state index < -0.39 is 10.0 Å². The fourth-order valence-electron chi connectivity index (χ4n) is 3.40. The van der Waals surface area contributed by atoms with Crippen LogP contribution in [-0.2, 0) is 10.0 Å². The van der Waals surface area contributed by atoms with Gasteiger partial charge in [0.2, 0.25) is 0 Å². The van der Waals surface area contributed by atoms with Crippen LogP contribution in [0.1, 0.15) is 5.82 Å². The van der Waals surface area contributed by atoms with Gasteiger partial charge in [0.05, 0.1) is 16.2 Å². The normalized spacial score (nSPS) is 15.5. The van der Waals surface area contributed by atoms with Crippen LogP contribution >= 0.6 is 11.6 Å². The Morgan fingerprint density at radius 2 is 1.81 bits per heavy atom. The molecule has 1 saturated heterocycles. The van der Waals surface area contributed by atoms with E-state index in [-0.39, 0.29) is 9.92 Å². The summed E-state index contributed by atoms with van der Waals surface area (Å²) in [5.41, 5.74) is 2.22. The van der Waals surface area contributed by atoms with Crippen LogP contribution in [0.3, 0.4) is 0 Å². The second kappa shape index (κ2) is 6.57. The van der Waals surface area contributed by atoms with Gasteiger partial charge in [0.25, 0.3) is 10.0 Å². The van der Waals surface area contributed by atoms with Crippen molar-refractivity contribution in [2.24, 2.45) is 0 Å². The maximum Gasteiger partial charge on any atom is 0.271 e. The van der Waals surface area contributed by atoms with Crippen molar-refractivity contribution in [3.8, 4) is 0 Å². The molecule has 0 aliphatic carbocycles. The third kappa shape index (κ3) is 2.76. The number of benzene rings is 2. The fourth-order valence-corrected chi connectivity index (χ4v) is 5.38. The molecule has 0 amide bonds. The largest absolute Gasteiger partial charge is 0.367 e. The highest BCUT2D eigenvalue weighted by Crippen LogP contribution is 2.31. The minimum atomic E-state index is -3.84. The van der Waals surface area contributed by atoms with Crippen LogP contribution in [0.15, 0.2) is 47.4 Å². The molecule has 1 aliphatic heterocycles. The first kappa shape index (κ1) is 17.3. The molecule has 0 bridgehead atoms. The molecule has 4 rings (SSSR count). The maximum absolute atomic E-state index is 13.3. The van der Waals surface area contributed by atoms with Crippen LogP contribution in [0.25, 0.3) is 11.0 Å². The second-order valence-electron chi connectivity index (χ2n) is 6.24. The van der Waals surface area contributed by atoms with Gasteiger partial charge in [-0.3, -0.25) is 0 Å². The Hall–Kier alpha value is -2.09. The van der Waals surface area contributed by atoms with E-state index >= 15 is 0 Å². The average Bonchev–Trinajstić information content (AvgIpc) is 2.99. The molecule has 136 valence electrons. The van der Waals surface area contributed by atoms with Gasteiger partial charge < -0.3 is 10.2 Å². The molecule has 1 N–H and O–H groups in total. The summed E-state index contributed by atoms with van der Waals surface area (Å²) in [4.78, 5) is 6.90. The zero-order chi connectivity index (χ0) is 18.3. The van der Waals surface area contributed by atoms with Crippen LogP contribution in [-0.4, -0.2) is 43.6 Å². The molecule has 1 fully saturated rings. The van der Waals surface area contributed by atoms with Crippen LogP contribution in [0, 0.1) is 6.92 Å². The highest BCUT2D eigenvalue weighted by molar-refractivity contribution is 7.90. The zero-order valence-corrected chi connectivity index (χ0v) is 15.9. The minimum Gasteiger partial charge on any atom is -0.367 e. The lowest BCUT2D eigenvalue weighted by Gasteiger charge is -2.29. The van der Waals surface area contributed by atoms with Crippen molar-refractivity contribution in [1.29, 1.82) is 0 Å². The Labute approximate surface area is 157 Å². The summed E-state index contributed by atoms with van der Waals surface area (Å²) in [7, 11) is -3.84. The summed E-state index contributed by atoms with van der Waals surface area (Å²) in [5.74, 6) is 0.419. The average molecular weight is 391 g/mol. The highest BCUT2D eigenvalue weighted by atomic mass is 35.5. The summed E-state index contributed by atoms with van der Waals surface area (Å²) in [6, 6.07) is 12.1. The van der Waals surface area contributed by atoms with Gasteiger partial charge in [-0.1, -0.05) is 29.8 Å². The molecule has 0 atom stereocenters. The Kier molecular flexibility index (Phi) is 4.38. The quantitative estimate of drug-likeness (QED) is 0.744. The molecule has 0 radical (unpaired) electrons. The van der Waals surface area contributed by atoms with Crippen LogP contribution in [0.2, 0.25) is 5.02 Å². The van der Waals surface area contributed by atoms with Gasteiger partial charge in [-0.15, -0.1) is 0 Å². The first-order chi connectivity index (χ1) is 12.5. The molecule has 2 heterocycles. The standard InChI is InChI=1S/C18H19ClN4O2S/c1-13-21-18-15(22-11-9-20-10-12-22)6-4-7-16(18)23(13)26(24,25)17-8-3-2-5-14(17)19/h2-8,20H,9-12H2,1H3. The number of para-hydroxylation sites is 1. The number of piperazine rings is 1. The minimum absolute atomic E-state index is 0.0802. The van der Waals surface area contributed by atoms with Gasteiger partial charge in [-0.2, -0.15) is 0 Å². The number of nitrogens with zero attached hydrogens (tertiary/aromatic N) is 3. The lowest BCUT2D eigenvalue weighted by molar-refractivity contribution is 0.587. The number of anilines is 1. The van der Waals surface area contributed by atoms with Gasteiger partial charge in [0.15, 0.2) is 0 Å². The lowest BCUT2D eigenvalue weighted by atomic mass is 10.2. The predicted molar refractivity (Wildman–Crippen MR) is 104 cm³/mol. The molecule has 8 heteroatoms. The lowest BCUT2D eigenvalue weighted by Crippen LogP contribution is -2.43. The Morgan fingerprint density at radius 1 is 1.08 bits per heavy atom. The van der Waals surface area contributed by atoms with E-state index in [9.17, 15) is 8.42 Å². The molecule has 1 aromatic heterocycles. The van der Waals surface area contributed by atoms with E-state index in [1.54, 1.807) is 31.2 Å². The van der Waals surface area contributed by atoms with Gasteiger partial charge >= 0.3 is 0 Å². The molecule has 1 aliphatic rings. The number of aryl methyl sites for hydroxylation is 1. The highest BCUT2D eigenvalue weighted by Gasteiger charge is 2.26. The van der Waals surface area contributed by atoms with Crippen molar-refractivity contribution in [2.45, 2.75) is 11.8 Å². The summed E-state index contributed by atoms with van der Waals surface area (Å²) >= 11 is 6.15. The number of imidazole rings is 1. The molecule has 0 unspecified atom stereocenters. The van der Waals surface area contributed by atoms with Crippen molar-refractivity contribution in [2.75, 3.05) is 31.1 Å². The molecular formula is C18H19ClN4O2S. The van der Waals surface area contributed by atoms with E-state index in [1.807, 2.05) is 12.1 Å². The maximum atomic E-state index is 13.3. The number of fused-ring (bicyclic) bond motifs is 1.